The Morgan fingerprint density at radius 3 is 3.06 bits per heavy atom. The second-order valence-electron chi connectivity index (χ2n) is 4.44. The standard InChI is InChI=1S/C16H20N2/c1-3-17-10-4-6-13(2)14-8-9-16-15(12-14)7-5-11-18-16/h5-9,11-12,17H,3-4,10H2,1-2H3/b13-6-. The van der Waals surface area contributed by atoms with E-state index in [9.17, 15) is 0 Å². The Morgan fingerprint density at radius 1 is 1.33 bits per heavy atom. The smallest absolute Gasteiger partial charge is 0.0702 e. The zero-order valence-corrected chi connectivity index (χ0v) is 11.1. The molecule has 94 valence electrons. The Labute approximate surface area is 109 Å². The molecule has 0 saturated heterocycles. The summed E-state index contributed by atoms with van der Waals surface area (Å²) in [6, 6.07) is 10.5. The van der Waals surface area contributed by atoms with Gasteiger partial charge in [0.15, 0.2) is 0 Å². The molecule has 0 aliphatic heterocycles. The van der Waals surface area contributed by atoms with Crippen molar-refractivity contribution in [2.45, 2.75) is 20.3 Å². The molecule has 0 saturated carbocycles. The maximum absolute atomic E-state index is 4.34. The highest BCUT2D eigenvalue weighted by Gasteiger charge is 1.98. The number of nitrogens with zero attached hydrogens (tertiary/aromatic N) is 1. The highest BCUT2D eigenvalue weighted by molar-refractivity contribution is 5.82. The van der Waals surface area contributed by atoms with Gasteiger partial charge in [0.25, 0.3) is 0 Å². The Balaban J connectivity index is 2.14. The maximum Gasteiger partial charge on any atom is 0.0702 e. The lowest BCUT2D eigenvalue weighted by Gasteiger charge is -2.04. The van der Waals surface area contributed by atoms with Gasteiger partial charge in [-0.15, -0.1) is 0 Å². The quantitative estimate of drug-likeness (QED) is 0.807. The summed E-state index contributed by atoms with van der Waals surface area (Å²) in [5.74, 6) is 0. The van der Waals surface area contributed by atoms with Crippen LogP contribution in [0.2, 0.25) is 0 Å². The lowest BCUT2D eigenvalue weighted by Crippen LogP contribution is -2.13. The van der Waals surface area contributed by atoms with Gasteiger partial charge in [-0.05, 0) is 55.8 Å². The van der Waals surface area contributed by atoms with Crippen LogP contribution in [0.3, 0.4) is 0 Å². The molecule has 2 heteroatoms. The first-order valence-corrected chi connectivity index (χ1v) is 6.54. The van der Waals surface area contributed by atoms with Crippen LogP contribution in [-0.2, 0) is 0 Å². The van der Waals surface area contributed by atoms with Crippen LogP contribution in [0.1, 0.15) is 25.8 Å². The third kappa shape index (κ3) is 3.17. The van der Waals surface area contributed by atoms with Gasteiger partial charge in [0.05, 0.1) is 5.52 Å². The van der Waals surface area contributed by atoms with E-state index in [-0.39, 0.29) is 0 Å². The van der Waals surface area contributed by atoms with Crippen LogP contribution in [0.5, 0.6) is 0 Å². The van der Waals surface area contributed by atoms with E-state index < -0.39 is 0 Å². The molecule has 2 nitrogen and oxygen atoms in total. The molecule has 0 aliphatic rings. The number of pyridine rings is 1. The Kier molecular flexibility index (Phi) is 4.48. The molecule has 2 rings (SSSR count). The summed E-state index contributed by atoms with van der Waals surface area (Å²) < 4.78 is 0. The summed E-state index contributed by atoms with van der Waals surface area (Å²) in [6.07, 6.45) is 5.20. The molecular formula is C16H20N2. The molecular weight excluding hydrogens is 220 g/mol. The van der Waals surface area contributed by atoms with Gasteiger partial charge in [-0.25, -0.2) is 0 Å². The maximum atomic E-state index is 4.34. The minimum atomic E-state index is 1.04. The van der Waals surface area contributed by atoms with Gasteiger partial charge >= 0.3 is 0 Å². The summed E-state index contributed by atoms with van der Waals surface area (Å²) >= 11 is 0. The second kappa shape index (κ2) is 6.31. The molecule has 0 unspecified atom stereocenters. The van der Waals surface area contributed by atoms with Crippen LogP contribution in [0.4, 0.5) is 0 Å². The Hall–Kier alpha value is -1.67. The molecule has 1 aromatic heterocycles. The molecule has 0 fully saturated rings. The van der Waals surface area contributed by atoms with Crippen molar-refractivity contribution in [3.63, 3.8) is 0 Å². The summed E-state index contributed by atoms with van der Waals surface area (Å²) in [7, 11) is 0. The van der Waals surface area contributed by atoms with E-state index in [1.807, 2.05) is 12.3 Å². The van der Waals surface area contributed by atoms with Crippen LogP contribution in [-0.4, -0.2) is 18.1 Å². The number of benzene rings is 1. The van der Waals surface area contributed by atoms with Gasteiger partial charge in [0.2, 0.25) is 0 Å². The topological polar surface area (TPSA) is 24.9 Å². The highest BCUT2D eigenvalue weighted by Crippen LogP contribution is 2.19. The van der Waals surface area contributed by atoms with E-state index in [1.54, 1.807) is 0 Å². The van der Waals surface area contributed by atoms with Crippen molar-refractivity contribution in [2.24, 2.45) is 0 Å². The molecule has 0 atom stereocenters. The fourth-order valence-corrected chi connectivity index (χ4v) is 2.01. The van der Waals surface area contributed by atoms with Crippen LogP contribution >= 0.6 is 0 Å². The molecule has 0 bridgehead atoms. The average molecular weight is 240 g/mol. The van der Waals surface area contributed by atoms with Crippen LogP contribution < -0.4 is 5.32 Å². The van der Waals surface area contributed by atoms with E-state index in [2.05, 4.69) is 54.5 Å². The van der Waals surface area contributed by atoms with Gasteiger partial charge in [-0.1, -0.05) is 25.1 Å². The van der Waals surface area contributed by atoms with Crippen LogP contribution in [0, 0.1) is 0 Å². The lowest BCUT2D eigenvalue weighted by atomic mass is 10.0. The molecule has 18 heavy (non-hydrogen) atoms. The largest absolute Gasteiger partial charge is 0.317 e. The van der Waals surface area contributed by atoms with Gasteiger partial charge in [-0.2, -0.15) is 0 Å². The molecule has 2 aromatic rings. The summed E-state index contributed by atoms with van der Waals surface area (Å²) in [6.45, 7) is 6.38. The predicted molar refractivity (Wildman–Crippen MR) is 78.6 cm³/mol. The van der Waals surface area contributed by atoms with Crippen molar-refractivity contribution in [3.05, 3.63) is 48.2 Å². The van der Waals surface area contributed by atoms with Crippen LogP contribution in [0.25, 0.3) is 16.5 Å². The van der Waals surface area contributed by atoms with Gasteiger partial charge in [0.1, 0.15) is 0 Å². The molecule has 1 aromatic carbocycles. The minimum Gasteiger partial charge on any atom is -0.317 e. The molecule has 1 heterocycles. The number of fused-ring (bicyclic) bond motifs is 1. The van der Waals surface area contributed by atoms with Gasteiger partial charge in [0, 0.05) is 11.6 Å². The van der Waals surface area contributed by atoms with E-state index in [1.165, 1.54) is 16.5 Å². The van der Waals surface area contributed by atoms with Crippen molar-refractivity contribution < 1.29 is 0 Å². The first kappa shape index (κ1) is 12.8. The molecule has 0 spiro atoms. The molecule has 0 aliphatic carbocycles. The van der Waals surface area contributed by atoms with Gasteiger partial charge < -0.3 is 5.32 Å². The third-order valence-corrected chi connectivity index (χ3v) is 3.08. The lowest BCUT2D eigenvalue weighted by molar-refractivity contribution is 0.727. The van der Waals surface area contributed by atoms with E-state index in [0.717, 1.165) is 25.0 Å². The highest BCUT2D eigenvalue weighted by atomic mass is 14.8. The Bertz CT molecular complexity index is 544. The van der Waals surface area contributed by atoms with Crippen molar-refractivity contribution in [3.8, 4) is 0 Å². The van der Waals surface area contributed by atoms with E-state index in [0.29, 0.717) is 0 Å². The number of nitrogens with one attached hydrogen (secondary N) is 1. The SMILES string of the molecule is CCNCC/C=C(/C)c1ccc2ncccc2c1. The molecule has 0 radical (unpaired) electrons. The number of hydrogen-bond donors (Lipinski definition) is 1. The zero-order valence-electron chi connectivity index (χ0n) is 11.1. The predicted octanol–water partition coefficient (Wildman–Crippen LogP) is 3.64. The summed E-state index contributed by atoms with van der Waals surface area (Å²) in [4.78, 5) is 4.34. The summed E-state index contributed by atoms with van der Waals surface area (Å²) in [5.41, 5.74) is 3.67. The zero-order chi connectivity index (χ0) is 12.8. The van der Waals surface area contributed by atoms with E-state index >= 15 is 0 Å². The number of hydrogen-bond acceptors (Lipinski definition) is 2. The van der Waals surface area contributed by atoms with Crippen molar-refractivity contribution in [1.82, 2.24) is 10.3 Å². The fraction of sp³-hybridized carbons (Fsp3) is 0.312. The number of allylic oxidation sites excluding steroid dienone is 1. The minimum absolute atomic E-state index is 1.04. The average Bonchev–Trinajstić information content (AvgIpc) is 2.43. The van der Waals surface area contributed by atoms with E-state index in [4.69, 9.17) is 0 Å². The molecule has 0 amide bonds. The first-order chi connectivity index (χ1) is 8.81. The normalized spacial score (nSPS) is 12.0. The van der Waals surface area contributed by atoms with Crippen molar-refractivity contribution in [2.75, 3.05) is 13.1 Å². The third-order valence-electron chi connectivity index (χ3n) is 3.08. The number of aromatic nitrogens is 1. The summed E-state index contributed by atoms with van der Waals surface area (Å²) in [5, 5.41) is 4.53. The van der Waals surface area contributed by atoms with Crippen LogP contribution in [0.15, 0.2) is 42.6 Å². The second-order valence-corrected chi connectivity index (χ2v) is 4.44. The Morgan fingerprint density at radius 2 is 2.22 bits per heavy atom. The van der Waals surface area contributed by atoms with Gasteiger partial charge in [-0.3, -0.25) is 4.98 Å². The fourth-order valence-electron chi connectivity index (χ4n) is 2.01. The van der Waals surface area contributed by atoms with Crippen molar-refractivity contribution >= 4 is 16.5 Å². The first-order valence-electron chi connectivity index (χ1n) is 6.54. The monoisotopic (exact) mass is 240 g/mol. The molecule has 1 N–H and O–H groups in total. The number of rotatable bonds is 5. The van der Waals surface area contributed by atoms with Crippen molar-refractivity contribution in [1.29, 1.82) is 0 Å².